The van der Waals surface area contributed by atoms with Crippen LogP contribution in [-0.4, -0.2) is 62.4 Å². The lowest BCUT2D eigenvalue weighted by molar-refractivity contribution is -0.122. The average Bonchev–Trinajstić information content (AvgIpc) is 2.28. The van der Waals surface area contributed by atoms with Crippen LogP contribution >= 0.6 is 0 Å². The minimum absolute atomic E-state index is 0.132. The number of nitrogens with zero attached hydrogens (tertiary/aromatic N) is 1. The van der Waals surface area contributed by atoms with Gasteiger partial charge in [-0.2, -0.15) is 0 Å². The van der Waals surface area contributed by atoms with Crippen molar-refractivity contribution in [1.82, 2.24) is 10.2 Å². The SMILES string of the molecule is CC(C)(CNC(=O)CN1CCC(N)CC1)S(C)(=O)=O. The summed E-state index contributed by atoms with van der Waals surface area (Å²) in [5.41, 5.74) is 5.80. The second-order valence-corrected chi connectivity index (χ2v) is 8.57. The fourth-order valence-electron chi connectivity index (χ4n) is 1.81. The van der Waals surface area contributed by atoms with Crippen LogP contribution in [0, 0.1) is 0 Å². The number of nitrogens with two attached hydrogens (primary N) is 1. The Morgan fingerprint density at radius 3 is 2.37 bits per heavy atom. The van der Waals surface area contributed by atoms with Crippen molar-refractivity contribution in [2.75, 3.05) is 32.4 Å². The van der Waals surface area contributed by atoms with Crippen LogP contribution in [0.1, 0.15) is 26.7 Å². The molecule has 0 bridgehead atoms. The van der Waals surface area contributed by atoms with Crippen LogP contribution in [0.2, 0.25) is 0 Å². The molecule has 0 unspecified atom stereocenters. The van der Waals surface area contributed by atoms with Crippen LogP contribution in [0.3, 0.4) is 0 Å². The van der Waals surface area contributed by atoms with Crippen molar-refractivity contribution in [2.45, 2.75) is 37.5 Å². The highest BCUT2D eigenvalue weighted by Gasteiger charge is 2.30. The van der Waals surface area contributed by atoms with Crippen LogP contribution in [0.4, 0.5) is 0 Å². The van der Waals surface area contributed by atoms with E-state index in [2.05, 4.69) is 5.32 Å². The first-order valence-corrected chi connectivity index (χ1v) is 8.45. The number of amides is 1. The fourth-order valence-corrected chi connectivity index (χ4v) is 2.15. The maximum Gasteiger partial charge on any atom is 0.234 e. The average molecular weight is 291 g/mol. The molecule has 7 heteroatoms. The number of carbonyl (C=O) groups excluding carboxylic acids is 1. The molecule has 1 heterocycles. The molecule has 1 aliphatic heterocycles. The van der Waals surface area contributed by atoms with Crippen molar-refractivity contribution in [3.63, 3.8) is 0 Å². The van der Waals surface area contributed by atoms with E-state index in [0.29, 0.717) is 6.54 Å². The van der Waals surface area contributed by atoms with E-state index < -0.39 is 14.6 Å². The lowest BCUT2D eigenvalue weighted by Crippen LogP contribution is -2.48. The molecule has 3 N–H and O–H groups in total. The third-order valence-electron chi connectivity index (χ3n) is 3.71. The molecule has 0 aliphatic carbocycles. The van der Waals surface area contributed by atoms with Crippen LogP contribution in [0.5, 0.6) is 0 Å². The first-order chi connectivity index (χ1) is 8.62. The molecular formula is C12H25N3O3S. The highest BCUT2D eigenvalue weighted by molar-refractivity contribution is 7.92. The topological polar surface area (TPSA) is 92.5 Å². The number of likely N-dealkylation sites (tertiary alicyclic amines) is 1. The third kappa shape index (κ3) is 5.08. The van der Waals surface area contributed by atoms with Crippen molar-refractivity contribution in [1.29, 1.82) is 0 Å². The van der Waals surface area contributed by atoms with Gasteiger partial charge in [0.05, 0.1) is 11.3 Å². The minimum Gasteiger partial charge on any atom is -0.353 e. The summed E-state index contributed by atoms with van der Waals surface area (Å²) < 4.78 is 22.1. The Morgan fingerprint density at radius 2 is 1.89 bits per heavy atom. The lowest BCUT2D eigenvalue weighted by Gasteiger charge is -2.30. The quantitative estimate of drug-likeness (QED) is 0.702. The molecule has 0 spiro atoms. The summed E-state index contributed by atoms with van der Waals surface area (Å²) in [5, 5.41) is 2.70. The highest BCUT2D eigenvalue weighted by Crippen LogP contribution is 2.13. The molecule has 1 rings (SSSR count). The van der Waals surface area contributed by atoms with Crippen molar-refractivity contribution < 1.29 is 13.2 Å². The molecule has 0 aromatic heterocycles. The summed E-state index contributed by atoms with van der Waals surface area (Å²) in [6.07, 6.45) is 3.00. The van der Waals surface area contributed by atoms with Crippen LogP contribution in [0.15, 0.2) is 0 Å². The molecule has 1 aliphatic rings. The van der Waals surface area contributed by atoms with Gasteiger partial charge in [-0.15, -0.1) is 0 Å². The zero-order valence-electron chi connectivity index (χ0n) is 12.0. The number of carbonyl (C=O) groups is 1. The first-order valence-electron chi connectivity index (χ1n) is 6.56. The summed E-state index contributed by atoms with van der Waals surface area (Å²) >= 11 is 0. The van der Waals surface area contributed by atoms with Crippen molar-refractivity contribution in [3.8, 4) is 0 Å². The van der Waals surface area contributed by atoms with E-state index in [4.69, 9.17) is 5.73 Å². The van der Waals surface area contributed by atoms with Gasteiger partial charge in [0.25, 0.3) is 0 Å². The van der Waals surface area contributed by atoms with Crippen LogP contribution in [-0.2, 0) is 14.6 Å². The molecule has 0 atom stereocenters. The molecule has 0 aromatic carbocycles. The summed E-state index contributed by atoms with van der Waals surface area (Å²) in [4.78, 5) is 13.8. The minimum atomic E-state index is -3.18. The van der Waals surface area contributed by atoms with E-state index in [1.807, 2.05) is 4.90 Å². The second kappa shape index (κ2) is 6.19. The second-order valence-electron chi connectivity index (χ2n) is 5.92. The number of rotatable bonds is 5. The van der Waals surface area contributed by atoms with Gasteiger partial charge in [0.15, 0.2) is 9.84 Å². The van der Waals surface area contributed by atoms with E-state index >= 15 is 0 Å². The maximum absolute atomic E-state index is 11.8. The van der Waals surface area contributed by atoms with E-state index in [9.17, 15) is 13.2 Å². The van der Waals surface area contributed by atoms with Gasteiger partial charge in [-0.05, 0) is 26.7 Å². The molecule has 1 saturated heterocycles. The predicted molar refractivity (Wildman–Crippen MR) is 75.6 cm³/mol. The Morgan fingerprint density at radius 1 is 1.37 bits per heavy atom. The molecule has 112 valence electrons. The van der Waals surface area contributed by atoms with E-state index in [1.54, 1.807) is 13.8 Å². The largest absolute Gasteiger partial charge is 0.353 e. The Kier molecular flexibility index (Phi) is 5.34. The van der Waals surface area contributed by atoms with Gasteiger partial charge in [0, 0.05) is 31.9 Å². The monoisotopic (exact) mass is 291 g/mol. The normalized spacial score (nSPS) is 19.4. The number of piperidine rings is 1. The van der Waals surface area contributed by atoms with Crippen molar-refractivity contribution in [3.05, 3.63) is 0 Å². The Hall–Kier alpha value is -0.660. The van der Waals surface area contributed by atoms with Gasteiger partial charge in [-0.1, -0.05) is 0 Å². The van der Waals surface area contributed by atoms with Gasteiger partial charge in [0.2, 0.25) is 5.91 Å². The zero-order chi connectivity index (χ0) is 14.7. The number of hydrogen-bond acceptors (Lipinski definition) is 5. The van der Waals surface area contributed by atoms with Crippen molar-refractivity contribution >= 4 is 15.7 Å². The van der Waals surface area contributed by atoms with Crippen molar-refractivity contribution in [2.24, 2.45) is 5.73 Å². The molecule has 1 amide bonds. The molecular weight excluding hydrogens is 266 g/mol. The van der Waals surface area contributed by atoms with Crippen LogP contribution in [0.25, 0.3) is 0 Å². The number of sulfone groups is 1. The lowest BCUT2D eigenvalue weighted by atomic mass is 10.1. The molecule has 0 radical (unpaired) electrons. The standard InChI is InChI=1S/C12H25N3O3S/c1-12(2,19(3,17)18)9-14-11(16)8-15-6-4-10(13)5-7-15/h10H,4-9,13H2,1-3H3,(H,14,16). The summed E-state index contributed by atoms with van der Waals surface area (Å²) in [5.74, 6) is -0.132. The predicted octanol–water partition coefficient (Wildman–Crippen LogP) is -0.651. The van der Waals surface area contributed by atoms with Gasteiger partial charge in [-0.3, -0.25) is 9.69 Å². The van der Waals surface area contributed by atoms with Gasteiger partial charge >= 0.3 is 0 Å². The summed E-state index contributed by atoms with van der Waals surface area (Å²) in [6.45, 7) is 5.32. The molecule has 0 saturated carbocycles. The van der Waals surface area contributed by atoms with E-state index in [-0.39, 0.29) is 18.5 Å². The third-order valence-corrected chi connectivity index (χ3v) is 5.87. The summed E-state index contributed by atoms with van der Waals surface area (Å²) in [6, 6.07) is 0.239. The highest BCUT2D eigenvalue weighted by atomic mass is 32.2. The Bertz CT molecular complexity index is 412. The molecule has 0 aromatic rings. The van der Waals surface area contributed by atoms with Gasteiger partial charge < -0.3 is 11.1 Å². The van der Waals surface area contributed by atoms with Gasteiger partial charge in [0.1, 0.15) is 0 Å². The van der Waals surface area contributed by atoms with E-state index in [1.165, 1.54) is 6.26 Å². The fraction of sp³-hybridized carbons (Fsp3) is 0.917. The molecule has 19 heavy (non-hydrogen) atoms. The zero-order valence-corrected chi connectivity index (χ0v) is 12.8. The Balaban J connectivity index is 2.36. The summed E-state index contributed by atoms with van der Waals surface area (Å²) in [7, 11) is -3.18. The first kappa shape index (κ1) is 16.4. The number of hydrogen-bond donors (Lipinski definition) is 2. The maximum atomic E-state index is 11.8. The smallest absolute Gasteiger partial charge is 0.234 e. The molecule has 1 fully saturated rings. The Labute approximate surface area is 115 Å². The van der Waals surface area contributed by atoms with Crippen LogP contribution < -0.4 is 11.1 Å². The number of nitrogens with one attached hydrogen (secondary N) is 1. The van der Waals surface area contributed by atoms with Gasteiger partial charge in [-0.25, -0.2) is 8.42 Å². The van der Waals surface area contributed by atoms with E-state index in [0.717, 1.165) is 25.9 Å². The molecule has 6 nitrogen and oxygen atoms in total.